The highest BCUT2D eigenvalue weighted by molar-refractivity contribution is 7.89. The number of rotatable bonds is 6. The molecule has 1 fully saturated rings. The van der Waals surface area contributed by atoms with E-state index >= 15 is 0 Å². The molecule has 2 aromatic rings. The molecule has 0 saturated carbocycles. The zero-order valence-corrected chi connectivity index (χ0v) is 17.7. The van der Waals surface area contributed by atoms with Crippen LogP contribution in [0.25, 0.3) is 0 Å². The van der Waals surface area contributed by atoms with E-state index < -0.39 is 27.6 Å². The summed E-state index contributed by atoms with van der Waals surface area (Å²) in [6.07, 6.45) is 0.627. The topological polar surface area (TPSA) is 116 Å². The normalized spacial score (nSPS) is 22.5. The van der Waals surface area contributed by atoms with Crippen LogP contribution in [0.3, 0.4) is 0 Å². The minimum atomic E-state index is -4.08. The van der Waals surface area contributed by atoms with Crippen LogP contribution in [0.15, 0.2) is 53.4 Å². The second-order valence-corrected chi connectivity index (χ2v) is 9.53. The Hall–Kier alpha value is -2.46. The lowest BCUT2D eigenvalue weighted by atomic mass is 9.87. The lowest BCUT2D eigenvalue weighted by Gasteiger charge is -2.42. The number of hydrogen-bond donors (Lipinski definition) is 3. The Morgan fingerprint density at radius 3 is 2.53 bits per heavy atom. The number of benzene rings is 2. The molecule has 0 spiro atoms. The molecule has 9 heteroatoms. The van der Waals surface area contributed by atoms with Crippen molar-refractivity contribution in [1.29, 1.82) is 0 Å². The molecule has 0 aromatic heterocycles. The summed E-state index contributed by atoms with van der Waals surface area (Å²) >= 11 is 0. The predicted octanol–water partition coefficient (Wildman–Crippen LogP) is 1.98. The lowest BCUT2D eigenvalue weighted by molar-refractivity contribution is -0.144. The van der Waals surface area contributed by atoms with E-state index in [-0.39, 0.29) is 17.9 Å². The molecule has 8 nitrogen and oxygen atoms in total. The number of aryl methyl sites for hydroxylation is 1. The molecule has 2 atom stereocenters. The van der Waals surface area contributed by atoms with Crippen LogP contribution in [0.2, 0.25) is 0 Å². The average molecular weight is 435 g/mol. The molecule has 3 N–H and O–H groups in total. The molecule has 2 aromatic carbocycles. The van der Waals surface area contributed by atoms with E-state index in [0.717, 1.165) is 15.4 Å². The standard InChI is InChI=1S/C21H26N2O6S/c1-15-6-3-4-7-16(15)14-29-17-8-10-18(11-9-17)30(27,28)23-13-5-12-21(2,25)19(23)20(24)22-26/h3-4,6-11,19,25-26H,5,12-14H2,1-2H3,(H,22,24)/t19?,21-/m1/s1. The number of hydrogen-bond acceptors (Lipinski definition) is 6. The maximum atomic E-state index is 13.2. The van der Waals surface area contributed by atoms with Gasteiger partial charge in [-0.3, -0.25) is 10.0 Å². The molecular weight excluding hydrogens is 408 g/mol. The van der Waals surface area contributed by atoms with Gasteiger partial charge < -0.3 is 9.84 Å². The Labute approximate surface area is 176 Å². The van der Waals surface area contributed by atoms with Crippen LogP contribution < -0.4 is 10.2 Å². The first kappa shape index (κ1) is 22.2. The SMILES string of the molecule is Cc1ccccc1COc1ccc(S(=O)(=O)N2CCC[C@@](C)(O)C2C(=O)NO)cc1. The van der Waals surface area contributed by atoms with Crippen molar-refractivity contribution in [2.24, 2.45) is 0 Å². The minimum absolute atomic E-state index is 0.0285. The highest BCUT2D eigenvalue weighted by Crippen LogP contribution is 2.32. The van der Waals surface area contributed by atoms with Crippen molar-refractivity contribution in [2.75, 3.05) is 6.54 Å². The van der Waals surface area contributed by atoms with Gasteiger partial charge >= 0.3 is 0 Å². The zero-order chi connectivity index (χ0) is 21.9. The van der Waals surface area contributed by atoms with E-state index in [1.54, 1.807) is 12.1 Å². The minimum Gasteiger partial charge on any atom is -0.489 e. The van der Waals surface area contributed by atoms with E-state index in [0.29, 0.717) is 18.8 Å². The van der Waals surface area contributed by atoms with Gasteiger partial charge in [-0.1, -0.05) is 24.3 Å². The summed E-state index contributed by atoms with van der Waals surface area (Å²) in [6.45, 7) is 3.78. The van der Waals surface area contributed by atoms with Crippen LogP contribution in [0.5, 0.6) is 5.75 Å². The summed E-state index contributed by atoms with van der Waals surface area (Å²) in [5, 5.41) is 19.6. The fraction of sp³-hybridized carbons (Fsp3) is 0.381. The van der Waals surface area contributed by atoms with Crippen molar-refractivity contribution in [1.82, 2.24) is 9.79 Å². The van der Waals surface area contributed by atoms with E-state index in [9.17, 15) is 18.3 Å². The van der Waals surface area contributed by atoms with Crippen molar-refractivity contribution < 1.29 is 28.3 Å². The van der Waals surface area contributed by atoms with Gasteiger partial charge in [-0.05, 0) is 62.1 Å². The molecule has 162 valence electrons. The number of nitrogens with zero attached hydrogens (tertiary/aromatic N) is 1. The average Bonchev–Trinajstić information content (AvgIpc) is 2.72. The van der Waals surface area contributed by atoms with Crippen molar-refractivity contribution in [3.05, 3.63) is 59.7 Å². The van der Waals surface area contributed by atoms with Crippen LogP contribution in [0.4, 0.5) is 0 Å². The number of amides is 1. The number of ether oxygens (including phenoxy) is 1. The monoisotopic (exact) mass is 434 g/mol. The van der Waals surface area contributed by atoms with E-state index in [4.69, 9.17) is 9.94 Å². The van der Waals surface area contributed by atoms with Gasteiger partial charge in [-0.15, -0.1) is 0 Å². The molecule has 30 heavy (non-hydrogen) atoms. The number of carbonyl (C=O) groups is 1. The maximum Gasteiger partial charge on any atom is 0.264 e. The molecule has 3 rings (SSSR count). The van der Waals surface area contributed by atoms with Crippen molar-refractivity contribution >= 4 is 15.9 Å². The molecule has 0 aliphatic carbocycles. The van der Waals surface area contributed by atoms with Crippen LogP contribution in [-0.2, 0) is 21.4 Å². The van der Waals surface area contributed by atoms with Crippen LogP contribution in [0, 0.1) is 6.92 Å². The molecule has 1 heterocycles. The predicted molar refractivity (Wildman–Crippen MR) is 109 cm³/mol. The second kappa shape index (κ2) is 8.73. The molecule has 1 aliphatic rings. The van der Waals surface area contributed by atoms with Gasteiger partial charge in [0.05, 0.1) is 10.5 Å². The third-order valence-corrected chi connectivity index (χ3v) is 7.26. The van der Waals surface area contributed by atoms with Crippen molar-refractivity contribution in [3.63, 3.8) is 0 Å². The molecule has 1 saturated heterocycles. The van der Waals surface area contributed by atoms with E-state index in [2.05, 4.69) is 0 Å². The van der Waals surface area contributed by atoms with E-state index in [1.165, 1.54) is 24.5 Å². The highest BCUT2D eigenvalue weighted by atomic mass is 32.2. The lowest BCUT2D eigenvalue weighted by Crippen LogP contribution is -2.62. The van der Waals surface area contributed by atoms with Gasteiger partial charge in [0, 0.05) is 6.54 Å². The van der Waals surface area contributed by atoms with Gasteiger partial charge in [-0.25, -0.2) is 13.9 Å². The fourth-order valence-corrected chi connectivity index (χ4v) is 5.40. The molecule has 1 unspecified atom stereocenters. The Bertz CT molecular complexity index is 1000. The fourth-order valence-electron chi connectivity index (χ4n) is 3.68. The Morgan fingerprint density at radius 1 is 1.23 bits per heavy atom. The number of nitrogens with one attached hydrogen (secondary N) is 1. The molecule has 0 radical (unpaired) electrons. The Kier molecular flexibility index (Phi) is 6.47. The van der Waals surface area contributed by atoms with Crippen LogP contribution in [0.1, 0.15) is 30.9 Å². The van der Waals surface area contributed by atoms with Crippen LogP contribution >= 0.6 is 0 Å². The van der Waals surface area contributed by atoms with Crippen molar-refractivity contribution in [2.45, 2.75) is 49.8 Å². The third-order valence-electron chi connectivity index (χ3n) is 5.38. The maximum absolute atomic E-state index is 13.2. The molecule has 0 bridgehead atoms. The molecule has 1 aliphatic heterocycles. The first-order chi connectivity index (χ1) is 14.2. The van der Waals surface area contributed by atoms with Crippen molar-refractivity contribution in [3.8, 4) is 5.75 Å². The quantitative estimate of drug-likeness (QED) is 0.473. The summed E-state index contributed by atoms with van der Waals surface area (Å²) in [5.74, 6) is -0.464. The number of piperidine rings is 1. The summed E-state index contributed by atoms with van der Waals surface area (Å²) in [4.78, 5) is 12.1. The number of aliphatic hydroxyl groups is 1. The summed E-state index contributed by atoms with van der Waals surface area (Å²) in [5.41, 5.74) is 1.99. The van der Waals surface area contributed by atoms with Gasteiger partial charge in [0.2, 0.25) is 10.0 Å². The summed E-state index contributed by atoms with van der Waals surface area (Å²) in [6, 6.07) is 12.3. The molecule has 1 amide bonds. The van der Waals surface area contributed by atoms with Gasteiger partial charge in [0.15, 0.2) is 0 Å². The molecular formula is C21H26N2O6S. The second-order valence-electron chi connectivity index (χ2n) is 7.64. The smallest absolute Gasteiger partial charge is 0.264 e. The summed E-state index contributed by atoms with van der Waals surface area (Å²) < 4.78 is 33.0. The number of hydroxylamine groups is 1. The number of sulfonamides is 1. The third kappa shape index (κ3) is 4.49. The Morgan fingerprint density at radius 2 is 1.90 bits per heavy atom. The Balaban J connectivity index is 1.80. The van der Waals surface area contributed by atoms with Gasteiger partial charge in [-0.2, -0.15) is 4.31 Å². The van der Waals surface area contributed by atoms with Gasteiger partial charge in [0.1, 0.15) is 18.4 Å². The van der Waals surface area contributed by atoms with Crippen LogP contribution in [-0.4, -0.2) is 47.1 Å². The first-order valence-electron chi connectivity index (χ1n) is 9.62. The first-order valence-corrected chi connectivity index (χ1v) is 11.1. The van der Waals surface area contributed by atoms with Gasteiger partial charge in [0.25, 0.3) is 5.91 Å². The summed E-state index contributed by atoms with van der Waals surface area (Å²) in [7, 11) is -4.08. The highest BCUT2D eigenvalue weighted by Gasteiger charge is 2.49. The largest absolute Gasteiger partial charge is 0.489 e. The number of carbonyl (C=O) groups excluding carboxylic acids is 1. The van der Waals surface area contributed by atoms with E-state index in [1.807, 2.05) is 31.2 Å². The zero-order valence-electron chi connectivity index (χ0n) is 16.9.